The van der Waals surface area contributed by atoms with E-state index in [2.05, 4.69) is 39.6 Å². The van der Waals surface area contributed by atoms with Crippen LogP contribution in [0.1, 0.15) is 31.9 Å². The van der Waals surface area contributed by atoms with E-state index in [9.17, 15) is 5.11 Å². The van der Waals surface area contributed by atoms with E-state index in [0.717, 1.165) is 49.2 Å². The van der Waals surface area contributed by atoms with Crippen molar-refractivity contribution in [3.05, 3.63) is 34.3 Å². The van der Waals surface area contributed by atoms with Crippen LogP contribution in [0.4, 0.5) is 0 Å². The molecule has 3 nitrogen and oxygen atoms in total. The number of aliphatic hydroxyl groups is 1. The van der Waals surface area contributed by atoms with E-state index in [4.69, 9.17) is 0 Å². The van der Waals surface area contributed by atoms with Gasteiger partial charge < -0.3 is 10.0 Å². The minimum atomic E-state index is -0.359. The van der Waals surface area contributed by atoms with Crippen molar-refractivity contribution in [2.45, 2.75) is 32.4 Å². The largest absolute Gasteiger partial charge is 0.388 e. The predicted octanol–water partition coefficient (Wildman–Crippen LogP) is 2.90. The Hall–Kier alpha value is -0.420. The van der Waals surface area contributed by atoms with Gasteiger partial charge in [0.15, 0.2) is 0 Å². The van der Waals surface area contributed by atoms with Crippen LogP contribution in [0.15, 0.2) is 28.7 Å². The van der Waals surface area contributed by atoms with Gasteiger partial charge in [-0.2, -0.15) is 0 Å². The first-order valence-electron chi connectivity index (χ1n) is 7.50. The first kappa shape index (κ1) is 16.0. The Balaban J connectivity index is 1.79. The van der Waals surface area contributed by atoms with Gasteiger partial charge in [-0.25, -0.2) is 0 Å². The molecule has 2 unspecified atom stereocenters. The van der Waals surface area contributed by atoms with Crippen LogP contribution in [0, 0.1) is 0 Å². The van der Waals surface area contributed by atoms with Crippen LogP contribution in [0.2, 0.25) is 0 Å². The third-order valence-corrected chi connectivity index (χ3v) is 4.76. The number of halogens is 1. The number of aliphatic hydroxyl groups excluding tert-OH is 1. The molecule has 1 saturated heterocycles. The van der Waals surface area contributed by atoms with E-state index in [0.29, 0.717) is 6.04 Å². The normalized spacial score (nSPS) is 22.9. The topological polar surface area (TPSA) is 26.7 Å². The lowest BCUT2D eigenvalue weighted by atomic mass is 10.1. The van der Waals surface area contributed by atoms with Gasteiger partial charge in [0.1, 0.15) is 0 Å². The molecule has 0 aromatic heterocycles. The van der Waals surface area contributed by atoms with Crippen molar-refractivity contribution in [3.8, 4) is 0 Å². The lowest BCUT2D eigenvalue weighted by molar-refractivity contribution is 0.0719. The van der Waals surface area contributed by atoms with E-state index in [1.54, 1.807) is 0 Å². The van der Waals surface area contributed by atoms with Crippen LogP contribution in [0.5, 0.6) is 0 Å². The van der Waals surface area contributed by atoms with E-state index < -0.39 is 0 Å². The minimum absolute atomic E-state index is 0.359. The Bertz CT molecular complexity index is 409. The fourth-order valence-corrected chi connectivity index (χ4v) is 3.16. The van der Waals surface area contributed by atoms with Gasteiger partial charge in [-0.3, -0.25) is 4.90 Å². The molecule has 4 heteroatoms. The Kier molecular flexibility index (Phi) is 6.02. The molecular formula is C16H25BrN2O. The number of hydrogen-bond acceptors (Lipinski definition) is 3. The first-order valence-corrected chi connectivity index (χ1v) is 8.29. The van der Waals surface area contributed by atoms with Crippen LogP contribution in [0.3, 0.4) is 0 Å². The fraction of sp³-hybridized carbons (Fsp3) is 0.625. The maximum absolute atomic E-state index is 10.3. The van der Waals surface area contributed by atoms with E-state index in [1.165, 1.54) is 0 Å². The van der Waals surface area contributed by atoms with Crippen LogP contribution in [-0.4, -0.2) is 53.7 Å². The zero-order valence-electron chi connectivity index (χ0n) is 12.4. The fourth-order valence-electron chi connectivity index (χ4n) is 2.90. The standard InChI is InChI=1S/C16H25BrN2O/c1-3-19-11-10-18(12-13(19)2)9-8-16(20)14-4-6-15(17)7-5-14/h4-7,13,16,20H,3,8-12H2,1-2H3. The number of benzene rings is 1. The van der Waals surface area contributed by atoms with Gasteiger partial charge in [-0.05, 0) is 37.6 Å². The molecule has 1 aromatic carbocycles. The minimum Gasteiger partial charge on any atom is -0.388 e. The summed E-state index contributed by atoms with van der Waals surface area (Å²) in [5, 5.41) is 10.3. The Morgan fingerprint density at radius 1 is 1.30 bits per heavy atom. The number of piperazine rings is 1. The first-order chi connectivity index (χ1) is 9.60. The van der Waals surface area contributed by atoms with Crippen LogP contribution in [0.25, 0.3) is 0 Å². The highest BCUT2D eigenvalue weighted by Crippen LogP contribution is 2.20. The van der Waals surface area contributed by atoms with Gasteiger partial charge in [0.05, 0.1) is 6.10 Å². The summed E-state index contributed by atoms with van der Waals surface area (Å²) >= 11 is 3.42. The van der Waals surface area contributed by atoms with Gasteiger partial charge >= 0.3 is 0 Å². The third-order valence-electron chi connectivity index (χ3n) is 4.23. The number of likely N-dealkylation sites (N-methyl/N-ethyl adjacent to an activating group) is 1. The third kappa shape index (κ3) is 4.29. The van der Waals surface area contributed by atoms with Crippen LogP contribution >= 0.6 is 15.9 Å². The quantitative estimate of drug-likeness (QED) is 0.892. The molecule has 1 fully saturated rings. The van der Waals surface area contributed by atoms with Gasteiger partial charge in [0.2, 0.25) is 0 Å². The second-order valence-corrected chi connectivity index (χ2v) is 6.55. The zero-order chi connectivity index (χ0) is 14.5. The molecule has 0 saturated carbocycles. The molecule has 1 aromatic rings. The van der Waals surface area contributed by atoms with Crippen molar-refractivity contribution in [3.63, 3.8) is 0 Å². The molecule has 2 rings (SSSR count). The summed E-state index contributed by atoms with van der Waals surface area (Å²) in [5.41, 5.74) is 1.01. The Labute approximate surface area is 130 Å². The summed E-state index contributed by atoms with van der Waals surface area (Å²) in [6, 6.07) is 8.58. The summed E-state index contributed by atoms with van der Waals surface area (Å²) in [7, 11) is 0. The maximum atomic E-state index is 10.3. The van der Waals surface area contributed by atoms with Crippen LogP contribution in [-0.2, 0) is 0 Å². The summed E-state index contributed by atoms with van der Waals surface area (Å²) in [4.78, 5) is 4.99. The molecule has 0 radical (unpaired) electrons. The molecule has 1 N–H and O–H groups in total. The predicted molar refractivity (Wildman–Crippen MR) is 86.9 cm³/mol. The zero-order valence-corrected chi connectivity index (χ0v) is 14.0. The second-order valence-electron chi connectivity index (χ2n) is 5.63. The van der Waals surface area contributed by atoms with Gasteiger partial charge in [-0.1, -0.05) is 35.0 Å². The van der Waals surface area contributed by atoms with Gasteiger partial charge in [-0.15, -0.1) is 0 Å². The van der Waals surface area contributed by atoms with Crippen molar-refractivity contribution in [2.24, 2.45) is 0 Å². The molecule has 0 bridgehead atoms. The summed E-state index contributed by atoms with van der Waals surface area (Å²) < 4.78 is 1.05. The van der Waals surface area contributed by atoms with Crippen LogP contribution < -0.4 is 0 Å². The van der Waals surface area contributed by atoms with Crippen molar-refractivity contribution in [2.75, 3.05) is 32.7 Å². The Morgan fingerprint density at radius 2 is 2.00 bits per heavy atom. The lowest BCUT2D eigenvalue weighted by Gasteiger charge is -2.39. The molecule has 0 spiro atoms. The van der Waals surface area contributed by atoms with Crippen molar-refractivity contribution < 1.29 is 5.11 Å². The second kappa shape index (κ2) is 7.55. The van der Waals surface area contributed by atoms with Crippen molar-refractivity contribution >= 4 is 15.9 Å². The highest BCUT2D eigenvalue weighted by atomic mass is 79.9. The summed E-state index contributed by atoms with van der Waals surface area (Å²) in [6.07, 6.45) is 0.447. The average molecular weight is 341 g/mol. The SMILES string of the molecule is CCN1CCN(CCC(O)c2ccc(Br)cc2)CC1C. The number of rotatable bonds is 5. The highest BCUT2D eigenvalue weighted by molar-refractivity contribution is 9.10. The van der Waals surface area contributed by atoms with Crippen molar-refractivity contribution in [1.29, 1.82) is 0 Å². The number of hydrogen-bond donors (Lipinski definition) is 1. The molecule has 112 valence electrons. The molecule has 0 amide bonds. The van der Waals surface area contributed by atoms with E-state index in [1.807, 2.05) is 24.3 Å². The molecule has 0 aliphatic carbocycles. The lowest BCUT2D eigenvalue weighted by Crippen LogP contribution is -2.51. The molecule has 1 aliphatic rings. The van der Waals surface area contributed by atoms with Gasteiger partial charge in [0, 0.05) is 36.7 Å². The summed E-state index contributed by atoms with van der Waals surface area (Å²) in [6.45, 7) is 10.00. The van der Waals surface area contributed by atoms with Crippen molar-refractivity contribution in [1.82, 2.24) is 9.80 Å². The maximum Gasteiger partial charge on any atom is 0.0802 e. The average Bonchev–Trinajstić information content (AvgIpc) is 2.45. The Morgan fingerprint density at radius 3 is 2.60 bits per heavy atom. The van der Waals surface area contributed by atoms with Gasteiger partial charge in [0.25, 0.3) is 0 Å². The number of nitrogens with zero attached hydrogens (tertiary/aromatic N) is 2. The molecule has 2 atom stereocenters. The molecule has 1 aliphatic heterocycles. The molecular weight excluding hydrogens is 316 g/mol. The molecule has 20 heavy (non-hydrogen) atoms. The highest BCUT2D eigenvalue weighted by Gasteiger charge is 2.22. The summed E-state index contributed by atoms with van der Waals surface area (Å²) in [5.74, 6) is 0. The van der Waals surface area contributed by atoms with E-state index >= 15 is 0 Å². The smallest absolute Gasteiger partial charge is 0.0802 e. The monoisotopic (exact) mass is 340 g/mol. The molecule has 1 heterocycles. The van der Waals surface area contributed by atoms with E-state index in [-0.39, 0.29) is 6.10 Å².